The largest absolute Gasteiger partial charge is 0.491 e. The van der Waals surface area contributed by atoms with Gasteiger partial charge >= 0.3 is 0 Å². The summed E-state index contributed by atoms with van der Waals surface area (Å²) >= 11 is 0. The van der Waals surface area contributed by atoms with Gasteiger partial charge in [-0.15, -0.1) is 0 Å². The quantitative estimate of drug-likeness (QED) is 0.449. The average Bonchev–Trinajstić information content (AvgIpc) is 3.25. The molecule has 1 aliphatic heterocycles. The monoisotopic (exact) mass is 429 g/mol. The van der Waals surface area contributed by atoms with Crippen LogP contribution in [0.25, 0.3) is 0 Å². The molecule has 0 bridgehead atoms. The zero-order valence-corrected chi connectivity index (χ0v) is 18.0. The SMILES string of the molecule is CCNC(=NCC(O)COc1ccc(F)cc1)N1CCC(COCc2ccccc2)C1. The predicted octanol–water partition coefficient (Wildman–Crippen LogP) is 3.07. The lowest BCUT2D eigenvalue weighted by atomic mass is 10.1. The van der Waals surface area contributed by atoms with Crippen LogP contribution in [0.15, 0.2) is 59.6 Å². The Hall–Kier alpha value is -2.64. The highest BCUT2D eigenvalue weighted by atomic mass is 19.1. The summed E-state index contributed by atoms with van der Waals surface area (Å²) in [4.78, 5) is 6.80. The first-order chi connectivity index (χ1) is 15.1. The van der Waals surface area contributed by atoms with Crippen LogP contribution in [-0.2, 0) is 11.3 Å². The van der Waals surface area contributed by atoms with Crippen LogP contribution >= 0.6 is 0 Å². The summed E-state index contributed by atoms with van der Waals surface area (Å²) in [5.74, 6) is 1.46. The van der Waals surface area contributed by atoms with Gasteiger partial charge in [-0.1, -0.05) is 30.3 Å². The first-order valence-corrected chi connectivity index (χ1v) is 10.9. The van der Waals surface area contributed by atoms with Crippen molar-refractivity contribution in [1.82, 2.24) is 10.2 Å². The van der Waals surface area contributed by atoms with E-state index in [0.29, 0.717) is 18.3 Å². The van der Waals surface area contributed by atoms with E-state index in [1.807, 2.05) is 25.1 Å². The molecule has 168 valence electrons. The number of nitrogens with one attached hydrogen (secondary N) is 1. The normalized spacial score (nSPS) is 17.6. The highest BCUT2D eigenvalue weighted by molar-refractivity contribution is 5.80. The van der Waals surface area contributed by atoms with Crippen LogP contribution < -0.4 is 10.1 Å². The van der Waals surface area contributed by atoms with E-state index in [1.165, 1.54) is 17.7 Å². The summed E-state index contributed by atoms with van der Waals surface area (Å²) in [5.41, 5.74) is 1.18. The number of likely N-dealkylation sites (tertiary alicyclic amines) is 1. The summed E-state index contributed by atoms with van der Waals surface area (Å²) in [7, 11) is 0. The van der Waals surface area contributed by atoms with Crippen LogP contribution in [0, 0.1) is 11.7 Å². The topological polar surface area (TPSA) is 66.3 Å². The van der Waals surface area contributed by atoms with E-state index in [1.54, 1.807) is 12.1 Å². The summed E-state index contributed by atoms with van der Waals surface area (Å²) in [6.45, 7) is 6.26. The first kappa shape index (κ1) is 23.0. The summed E-state index contributed by atoms with van der Waals surface area (Å²) in [5, 5.41) is 13.5. The molecule has 3 rings (SSSR count). The van der Waals surface area contributed by atoms with Gasteiger partial charge in [0.15, 0.2) is 5.96 Å². The number of benzene rings is 2. The summed E-state index contributed by atoms with van der Waals surface area (Å²) < 4.78 is 24.4. The molecule has 1 heterocycles. The van der Waals surface area contributed by atoms with Crippen LogP contribution in [0.3, 0.4) is 0 Å². The average molecular weight is 430 g/mol. The Balaban J connectivity index is 1.42. The van der Waals surface area contributed by atoms with Crippen molar-refractivity contribution in [2.45, 2.75) is 26.1 Å². The molecule has 2 N–H and O–H groups in total. The second-order valence-electron chi connectivity index (χ2n) is 7.71. The van der Waals surface area contributed by atoms with Crippen LogP contribution in [0.5, 0.6) is 5.75 Å². The van der Waals surface area contributed by atoms with Crippen LogP contribution in [0.4, 0.5) is 4.39 Å². The molecule has 0 saturated carbocycles. The lowest BCUT2D eigenvalue weighted by Crippen LogP contribution is -2.41. The Morgan fingerprint density at radius 1 is 1.23 bits per heavy atom. The van der Waals surface area contributed by atoms with Gasteiger partial charge in [-0.2, -0.15) is 0 Å². The standard InChI is InChI=1S/C24H32FN3O3/c1-2-26-24(27-14-22(29)18-31-23-10-8-21(25)9-11-23)28-13-12-20(15-28)17-30-16-19-6-4-3-5-7-19/h3-11,20,22,29H,2,12-18H2,1H3,(H,26,27). The van der Waals surface area contributed by atoms with E-state index in [2.05, 4.69) is 27.3 Å². The number of hydrogen-bond acceptors (Lipinski definition) is 4. The number of rotatable bonds is 10. The number of ether oxygens (including phenoxy) is 2. The molecule has 1 aliphatic rings. The Kier molecular flexibility index (Phi) is 9.12. The lowest BCUT2D eigenvalue weighted by Gasteiger charge is -2.22. The Bertz CT molecular complexity index is 801. The fourth-order valence-corrected chi connectivity index (χ4v) is 3.47. The van der Waals surface area contributed by atoms with Gasteiger partial charge in [0.1, 0.15) is 24.3 Å². The van der Waals surface area contributed by atoms with E-state index in [-0.39, 0.29) is 19.0 Å². The number of nitrogens with zero attached hydrogens (tertiary/aromatic N) is 2. The smallest absolute Gasteiger partial charge is 0.194 e. The molecule has 7 heteroatoms. The maximum atomic E-state index is 12.9. The molecule has 0 aromatic heterocycles. The number of aliphatic imine (C=N–C) groups is 1. The van der Waals surface area contributed by atoms with Gasteiger partial charge in [-0.3, -0.25) is 4.99 Å². The number of guanidine groups is 1. The predicted molar refractivity (Wildman–Crippen MR) is 120 cm³/mol. The van der Waals surface area contributed by atoms with Crippen molar-refractivity contribution in [2.75, 3.05) is 39.4 Å². The Labute approximate surface area is 183 Å². The summed E-state index contributed by atoms with van der Waals surface area (Å²) in [6.07, 6.45) is 0.307. The van der Waals surface area contributed by atoms with E-state index in [0.717, 1.165) is 38.6 Å². The van der Waals surface area contributed by atoms with Crippen molar-refractivity contribution >= 4 is 5.96 Å². The van der Waals surface area contributed by atoms with Crippen LogP contribution in [0.1, 0.15) is 18.9 Å². The fraction of sp³-hybridized carbons (Fsp3) is 0.458. The van der Waals surface area contributed by atoms with Crippen molar-refractivity contribution in [2.24, 2.45) is 10.9 Å². The van der Waals surface area contributed by atoms with E-state index < -0.39 is 6.10 Å². The highest BCUT2D eigenvalue weighted by Crippen LogP contribution is 2.17. The minimum absolute atomic E-state index is 0.102. The minimum atomic E-state index is -0.744. The third-order valence-electron chi connectivity index (χ3n) is 5.09. The van der Waals surface area contributed by atoms with E-state index in [4.69, 9.17) is 9.47 Å². The van der Waals surface area contributed by atoms with Gasteiger partial charge in [0.05, 0.1) is 19.8 Å². The van der Waals surface area contributed by atoms with Gasteiger partial charge in [0.2, 0.25) is 0 Å². The number of hydrogen-bond donors (Lipinski definition) is 2. The minimum Gasteiger partial charge on any atom is -0.491 e. The third-order valence-corrected chi connectivity index (χ3v) is 5.09. The molecule has 0 amide bonds. The third kappa shape index (κ3) is 7.84. The summed E-state index contributed by atoms with van der Waals surface area (Å²) in [6, 6.07) is 15.9. The molecule has 6 nitrogen and oxygen atoms in total. The second-order valence-corrected chi connectivity index (χ2v) is 7.71. The molecular weight excluding hydrogens is 397 g/mol. The molecule has 31 heavy (non-hydrogen) atoms. The first-order valence-electron chi connectivity index (χ1n) is 10.9. The van der Waals surface area contributed by atoms with Gasteiger partial charge in [-0.05, 0) is 43.2 Å². The van der Waals surface area contributed by atoms with E-state index >= 15 is 0 Å². The molecule has 2 unspecified atom stereocenters. The number of aliphatic hydroxyl groups excluding tert-OH is 1. The van der Waals surface area contributed by atoms with Crippen molar-refractivity contribution in [3.8, 4) is 5.75 Å². The number of halogens is 1. The molecule has 0 radical (unpaired) electrons. The van der Waals surface area contributed by atoms with Crippen LogP contribution in [-0.4, -0.2) is 61.5 Å². The molecular formula is C24H32FN3O3. The van der Waals surface area contributed by atoms with E-state index in [9.17, 15) is 9.50 Å². The van der Waals surface area contributed by atoms with Crippen LogP contribution in [0.2, 0.25) is 0 Å². The highest BCUT2D eigenvalue weighted by Gasteiger charge is 2.25. The molecule has 0 spiro atoms. The van der Waals surface area contributed by atoms with Gasteiger partial charge in [0, 0.05) is 25.6 Å². The zero-order chi connectivity index (χ0) is 21.9. The maximum absolute atomic E-state index is 12.9. The van der Waals surface area contributed by atoms with Gasteiger partial charge in [0.25, 0.3) is 0 Å². The second kappa shape index (κ2) is 12.3. The molecule has 0 aliphatic carbocycles. The van der Waals surface area contributed by atoms with Crippen molar-refractivity contribution < 1.29 is 19.0 Å². The Morgan fingerprint density at radius 2 is 2.00 bits per heavy atom. The molecule has 1 saturated heterocycles. The fourth-order valence-electron chi connectivity index (χ4n) is 3.47. The van der Waals surface area contributed by atoms with Crippen molar-refractivity contribution in [3.05, 3.63) is 66.0 Å². The molecule has 2 atom stereocenters. The zero-order valence-electron chi connectivity index (χ0n) is 18.0. The maximum Gasteiger partial charge on any atom is 0.194 e. The van der Waals surface area contributed by atoms with Crippen molar-refractivity contribution in [1.29, 1.82) is 0 Å². The molecule has 2 aromatic rings. The molecule has 1 fully saturated rings. The van der Waals surface area contributed by atoms with Gasteiger partial charge in [-0.25, -0.2) is 4.39 Å². The van der Waals surface area contributed by atoms with Crippen molar-refractivity contribution in [3.63, 3.8) is 0 Å². The molecule has 2 aromatic carbocycles. The Morgan fingerprint density at radius 3 is 2.74 bits per heavy atom. The lowest BCUT2D eigenvalue weighted by molar-refractivity contribution is 0.0906. The number of aliphatic hydroxyl groups is 1. The van der Waals surface area contributed by atoms with Gasteiger partial charge < -0.3 is 24.8 Å².